The standard InChI is InChI=1S/C23H17F6N3O2.ClH/c24-22(25,26)15-5-3-7-17(11-15)33-13-31-19-9-1-2-10-20(19)32(21(31)30)14-34-18-8-4-6-16(12-18)23(27,28)29;/h1-12,30H,13-14H2;1H. The monoisotopic (exact) mass is 517 g/mol. The lowest BCUT2D eigenvalue weighted by molar-refractivity contribution is -0.687. The number of nitrogens with two attached hydrogens (primary N) is 1. The van der Waals surface area contributed by atoms with E-state index in [4.69, 9.17) is 15.2 Å². The van der Waals surface area contributed by atoms with Crippen molar-refractivity contribution in [3.8, 4) is 11.5 Å². The predicted octanol–water partition coefficient (Wildman–Crippen LogP) is 2.63. The molecular weight excluding hydrogens is 500 g/mol. The number of hydrogen-bond donors (Lipinski definition) is 1. The molecular formula is C23H18ClF6N3O2. The molecule has 0 bridgehead atoms. The number of para-hydroxylation sites is 2. The first-order valence-electron chi connectivity index (χ1n) is 9.91. The zero-order chi connectivity index (χ0) is 24.5. The molecule has 0 fully saturated rings. The van der Waals surface area contributed by atoms with Crippen LogP contribution >= 0.6 is 0 Å². The summed E-state index contributed by atoms with van der Waals surface area (Å²) < 4.78 is 91.9. The molecule has 186 valence electrons. The minimum absolute atomic E-state index is 0. The van der Waals surface area contributed by atoms with Gasteiger partial charge in [-0.2, -0.15) is 35.5 Å². The second-order valence-electron chi connectivity index (χ2n) is 7.30. The van der Waals surface area contributed by atoms with E-state index in [1.54, 1.807) is 24.3 Å². The number of fused-ring (bicyclic) bond motifs is 1. The van der Waals surface area contributed by atoms with Crippen LogP contribution in [0.1, 0.15) is 11.1 Å². The lowest BCUT2D eigenvalue weighted by Crippen LogP contribution is -3.00. The molecule has 35 heavy (non-hydrogen) atoms. The summed E-state index contributed by atoms with van der Waals surface area (Å²) in [5.41, 5.74) is 5.75. The molecule has 0 aliphatic rings. The third-order valence-electron chi connectivity index (χ3n) is 5.06. The van der Waals surface area contributed by atoms with Crippen LogP contribution in [-0.2, 0) is 25.8 Å². The largest absolute Gasteiger partial charge is 1.00 e. The first-order valence-corrected chi connectivity index (χ1v) is 9.91. The van der Waals surface area contributed by atoms with Gasteiger partial charge >= 0.3 is 18.3 Å². The van der Waals surface area contributed by atoms with Gasteiger partial charge in [-0.25, -0.2) is 0 Å². The molecule has 0 unspecified atom stereocenters. The van der Waals surface area contributed by atoms with Crippen molar-refractivity contribution < 1.29 is 52.8 Å². The average Bonchev–Trinajstić information content (AvgIpc) is 3.06. The molecule has 0 aliphatic carbocycles. The van der Waals surface area contributed by atoms with Gasteiger partial charge in [-0.1, -0.05) is 24.3 Å². The average molecular weight is 518 g/mol. The molecule has 3 aromatic carbocycles. The number of aromatic nitrogens is 2. The summed E-state index contributed by atoms with van der Waals surface area (Å²) in [6.07, 6.45) is -9.02. The maximum absolute atomic E-state index is 13.0. The highest BCUT2D eigenvalue weighted by Crippen LogP contribution is 2.32. The predicted molar refractivity (Wildman–Crippen MR) is 111 cm³/mol. The Kier molecular flexibility index (Phi) is 7.39. The Morgan fingerprint density at radius 2 is 1.29 bits per heavy atom. The fourth-order valence-electron chi connectivity index (χ4n) is 3.39. The summed E-state index contributed by atoms with van der Waals surface area (Å²) in [5, 5.41) is 0. The van der Waals surface area contributed by atoms with Crippen LogP contribution in [0.3, 0.4) is 0 Å². The van der Waals surface area contributed by atoms with Gasteiger partial charge in [-0.15, -0.1) is 0 Å². The number of anilines is 1. The summed E-state index contributed by atoms with van der Waals surface area (Å²) >= 11 is 0. The summed E-state index contributed by atoms with van der Waals surface area (Å²) in [4.78, 5) is 0. The fraction of sp³-hybridized carbons (Fsp3) is 0.174. The summed E-state index contributed by atoms with van der Waals surface area (Å²) in [7, 11) is 0. The van der Waals surface area contributed by atoms with E-state index in [0.717, 1.165) is 24.3 Å². The van der Waals surface area contributed by atoms with E-state index < -0.39 is 23.5 Å². The number of ether oxygens (including phenoxy) is 2. The molecule has 0 spiro atoms. The van der Waals surface area contributed by atoms with Gasteiger partial charge in [0.05, 0.1) is 11.1 Å². The van der Waals surface area contributed by atoms with Gasteiger partial charge < -0.3 is 21.9 Å². The zero-order valence-corrected chi connectivity index (χ0v) is 18.5. The topological polar surface area (TPSA) is 53.3 Å². The SMILES string of the molecule is Nc1n(COc2cccc(C(F)(F)F)c2)c2ccccc2[n+]1COc1cccc(C(F)(F)F)c1.[Cl-]. The van der Waals surface area contributed by atoms with Crippen LogP contribution in [0.4, 0.5) is 32.3 Å². The number of alkyl halides is 6. The molecule has 0 amide bonds. The van der Waals surface area contributed by atoms with Gasteiger partial charge in [0.15, 0.2) is 0 Å². The highest BCUT2D eigenvalue weighted by Gasteiger charge is 2.31. The Morgan fingerprint density at radius 1 is 0.743 bits per heavy atom. The molecule has 0 aliphatic heterocycles. The van der Waals surface area contributed by atoms with Crippen LogP contribution in [0.15, 0.2) is 72.8 Å². The van der Waals surface area contributed by atoms with E-state index in [0.29, 0.717) is 11.0 Å². The van der Waals surface area contributed by atoms with E-state index in [2.05, 4.69) is 0 Å². The van der Waals surface area contributed by atoms with E-state index >= 15 is 0 Å². The van der Waals surface area contributed by atoms with E-state index in [1.807, 2.05) is 0 Å². The summed E-state index contributed by atoms with van der Waals surface area (Å²) in [6.45, 7) is -0.408. The first-order chi connectivity index (χ1) is 16.0. The molecule has 0 radical (unpaired) electrons. The molecule has 1 heterocycles. The first kappa shape index (κ1) is 26.0. The molecule has 0 saturated heterocycles. The minimum Gasteiger partial charge on any atom is -1.00 e. The number of nitrogens with zero attached hydrogens (tertiary/aromatic N) is 2. The number of benzene rings is 3. The summed E-state index contributed by atoms with van der Waals surface area (Å²) in [6, 6.07) is 15.8. The lowest BCUT2D eigenvalue weighted by atomic mass is 10.2. The fourth-order valence-corrected chi connectivity index (χ4v) is 3.39. The second-order valence-corrected chi connectivity index (χ2v) is 7.30. The van der Waals surface area contributed by atoms with Gasteiger partial charge in [0, 0.05) is 0 Å². The van der Waals surface area contributed by atoms with Crippen molar-refractivity contribution in [2.24, 2.45) is 0 Å². The third-order valence-corrected chi connectivity index (χ3v) is 5.06. The second kappa shape index (κ2) is 9.95. The molecule has 4 aromatic rings. The Bertz CT molecular complexity index is 1220. The van der Waals surface area contributed by atoms with Gasteiger partial charge in [0.2, 0.25) is 13.5 Å². The number of nitrogen functional groups attached to an aromatic ring is 1. The van der Waals surface area contributed by atoms with E-state index in [1.165, 1.54) is 33.4 Å². The van der Waals surface area contributed by atoms with Crippen molar-refractivity contribution in [2.75, 3.05) is 5.73 Å². The molecule has 5 nitrogen and oxygen atoms in total. The van der Waals surface area contributed by atoms with Crippen LogP contribution < -0.4 is 32.2 Å². The van der Waals surface area contributed by atoms with Crippen LogP contribution in [0.25, 0.3) is 11.0 Å². The highest BCUT2D eigenvalue weighted by atomic mass is 35.5. The Labute approximate surface area is 201 Å². The number of hydrogen-bond acceptors (Lipinski definition) is 3. The van der Waals surface area contributed by atoms with Crippen LogP contribution in [0.2, 0.25) is 0 Å². The maximum atomic E-state index is 13.0. The smallest absolute Gasteiger partial charge is 0.416 e. The van der Waals surface area contributed by atoms with Crippen LogP contribution in [0.5, 0.6) is 11.5 Å². The van der Waals surface area contributed by atoms with E-state index in [-0.39, 0.29) is 43.3 Å². The van der Waals surface area contributed by atoms with Gasteiger partial charge in [-0.05, 0) is 48.5 Å². The van der Waals surface area contributed by atoms with Crippen LogP contribution in [0, 0.1) is 0 Å². The van der Waals surface area contributed by atoms with Gasteiger partial charge in [0.1, 0.15) is 22.5 Å². The number of imidazole rings is 1. The quantitative estimate of drug-likeness (QED) is 0.316. The van der Waals surface area contributed by atoms with Gasteiger partial charge in [-0.3, -0.25) is 5.73 Å². The Balaban J connectivity index is 0.00000342. The van der Waals surface area contributed by atoms with Crippen molar-refractivity contribution in [1.29, 1.82) is 0 Å². The molecule has 2 N–H and O–H groups in total. The third kappa shape index (κ3) is 5.73. The Morgan fingerprint density at radius 3 is 1.86 bits per heavy atom. The van der Waals surface area contributed by atoms with Crippen molar-refractivity contribution in [3.05, 3.63) is 83.9 Å². The Hall–Kier alpha value is -3.60. The van der Waals surface area contributed by atoms with Crippen molar-refractivity contribution >= 4 is 17.0 Å². The van der Waals surface area contributed by atoms with Crippen LogP contribution in [-0.4, -0.2) is 4.57 Å². The minimum atomic E-state index is -4.51. The molecule has 4 rings (SSSR count). The van der Waals surface area contributed by atoms with Crippen molar-refractivity contribution in [3.63, 3.8) is 0 Å². The number of rotatable bonds is 6. The van der Waals surface area contributed by atoms with Gasteiger partial charge in [0.25, 0.3) is 0 Å². The maximum Gasteiger partial charge on any atom is 0.416 e. The molecule has 12 heteroatoms. The highest BCUT2D eigenvalue weighted by molar-refractivity contribution is 5.73. The molecule has 0 atom stereocenters. The summed E-state index contributed by atoms with van der Waals surface area (Å²) in [5.74, 6) is 0.137. The molecule has 1 aromatic heterocycles. The number of halogens is 7. The van der Waals surface area contributed by atoms with Crippen molar-refractivity contribution in [1.82, 2.24) is 4.57 Å². The lowest BCUT2D eigenvalue weighted by Gasteiger charge is -2.10. The van der Waals surface area contributed by atoms with E-state index in [9.17, 15) is 26.3 Å². The normalized spacial score (nSPS) is 11.8. The van der Waals surface area contributed by atoms with Crippen molar-refractivity contribution in [2.45, 2.75) is 25.8 Å². The zero-order valence-electron chi connectivity index (χ0n) is 17.8. The molecule has 0 saturated carbocycles.